The molecular weight excluding hydrogens is 393 g/mol. The van der Waals surface area contributed by atoms with E-state index in [1.165, 1.54) is 36.4 Å². The Labute approximate surface area is 151 Å². The number of aromatic carboxylic acids is 1. The molecule has 2 aromatic rings. The molecule has 1 N–H and O–H groups in total. The Morgan fingerprint density at radius 2 is 1.14 bits per heavy atom. The number of carbonyl (C=O) groups excluding carboxylic acids is 1. The third-order valence-electron chi connectivity index (χ3n) is 2.31. The SMILES string of the molecule is O=C(Cl)c1ccc(Cl)c(Cl)c1.O=C(O)c1ccc(Cl)c(Cl)c1. The zero-order valence-electron chi connectivity index (χ0n) is 10.6. The van der Waals surface area contributed by atoms with E-state index >= 15 is 0 Å². The van der Waals surface area contributed by atoms with Gasteiger partial charge in [-0.25, -0.2) is 4.79 Å². The maximum absolute atomic E-state index is 10.6. The standard InChI is InChI=1S/C7H3Cl3O.C7H4Cl2O2/c2*8-5-2-1-4(7(10)11)3-6(5)9/h1-3H;1-3H,(H,10,11). The molecule has 0 unspecified atom stereocenters. The van der Waals surface area contributed by atoms with E-state index in [4.69, 9.17) is 63.1 Å². The number of carboxylic acids is 1. The maximum atomic E-state index is 10.6. The lowest BCUT2D eigenvalue weighted by molar-refractivity contribution is 0.0696. The third-order valence-corrected chi connectivity index (χ3v) is 4.01. The summed E-state index contributed by atoms with van der Waals surface area (Å²) in [7, 11) is 0. The van der Waals surface area contributed by atoms with E-state index < -0.39 is 11.2 Å². The molecule has 0 aromatic heterocycles. The summed E-state index contributed by atoms with van der Waals surface area (Å²) in [4.78, 5) is 20.9. The van der Waals surface area contributed by atoms with Crippen LogP contribution in [-0.4, -0.2) is 16.3 Å². The summed E-state index contributed by atoms with van der Waals surface area (Å²) in [6.45, 7) is 0. The second kappa shape index (κ2) is 8.61. The molecule has 0 radical (unpaired) electrons. The van der Waals surface area contributed by atoms with Crippen molar-refractivity contribution in [3.8, 4) is 0 Å². The number of carbonyl (C=O) groups is 2. The topological polar surface area (TPSA) is 54.4 Å². The maximum Gasteiger partial charge on any atom is 0.335 e. The van der Waals surface area contributed by atoms with Crippen LogP contribution >= 0.6 is 58.0 Å². The number of halogens is 5. The molecule has 0 aliphatic rings. The van der Waals surface area contributed by atoms with Crippen molar-refractivity contribution in [1.82, 2.24) is 0 Å². The molecule has 8 heteroatoms. The van der Waals surface area contributed by atoms with Crippen molar-refractivity contribution in [2.75, 3.05) is 0 Å². The molecule has 22 heavy (non-hydrogen) atoms. The van der Waals surface area contributed by atoms with Crippen LogP contribution in [0.4, 0.5) is 0 Å². The normalized spacial score (nSPS) is 9.68. The Kier molecular flexibility index (Phi) is 7.46. The minimum Gasteiger partial charge on any atom is -0.478 e. The van der Waals surface area contributed by atoms with Crippen LogP contribution in [0.25, 0.3) is 0 Å². The molecule has 0 saturated carbocycles. The molecule has 0 heterocycles. The lowest BCUT2D eigenvalue weighted by Crippen LogP contribution is -1.94. The molecule has 0 spiro atoms. The monoisotopic (exact) mass is 398 g/mol. The number of rotatable bonds is 2. The summed E-state index contributed by atoms with van der Waals surface area (Å²) >= 11 is 27.5. The van der Waals surface area contributed by atoms with E-state index in [0.717, 1.165) is 0 Å². The Morgan fingerprint density at radius 3 is 1.50 bits per heavy atom. The molecule has 0 fully saturated rings. The summed E-state index contributed by atoms with van der Waals surface area (Å²) in [5, 5.41) is 9.32. The summed E-state index contributed by atoms with van der Waals surface area (Å²) < 4.78 is 0. The van der Waals surface area contributed by atoms with Crippen LogP contribution in [0.15, 0.2) is 36.4 Å². The zero-order chi connectivity index (χ0) is 16.9. The number of hydrogen-bond donors (Lipinski definition) is 1. The van der Waals surface area contributed by atoms with Crippen molar-refractivity contribution >= 4 is 69.2 Å². The van der Waals surface area contributed by atoms with Crippen LogP contribution in [0, 0.1) is 0 Å². The van der Waals surface area contributed by atoms with Crippen molar-refractivity contribution in [2.24, 2.45) is 0 Å². The lowest BCUT2D eigenvalue weighted by Gasteiger charge is -1.96. The Hall–Kier alpha value is -0.970. The van der Waals surface area contributed by atoms with Gasteiger partial charge in [-0.05, 0) is 48.0 Å². The van der Waals surface area contributed by atoms with Gasteiger partial charge in [-0.1, -0.05) is 46.4 Å². The van der Waals surface area contributed by atoms with Gasteiger partial charge in [0.15, 0.2) is 0 Å². The summed E-state index contributed by atoms with van der Waals surface area (Å²) in [6, 6.07) is 8.64. The van der Waals surface area contributed by atoms with Gasteiger partial charge in [0, 0.05) is 5.56 Å². The van der Waals surface area contributed by atoms with Crippen LogP contribution in [0.1, 0.15) is 20.7 Å². The van der Waals surface area contributed by atoms with E-state index in [-0.39, 0.29) is 10.6 Å². The third kappa shape index (κ3) is 5.67. The highest BCUT2D eigenvalue weighted by molar-refractivity contribution is 6.67. The van der Waals surface area contributed by atoms with E-state index in [2.05, 4.69) is 0 Å². The van der Waals surface area contributed by atoms with Gasteiger partial charge in [0.25, 0.3) is 5.24 Å². The van der Waals surface area contributed by atoms with Crippen molar-refractivity contribution < 1.29 is 14.7 Å². The molecule has 2 rings (SSSR count). The molecular formula is C14H7Cl5O3. The van der Waals surface area contributed by atoms with Crippen LogP contribution in [0.3, 0.4) is 0 Å². The van der Waals surface area contributed by atoms with Crippen molar-refractivity contribution in [2.45, 2.75) is 0 Å². The first-order valence-electron chi connectivity index (χ1n) is 5.55. The van der Waals surface area contributed by atoms with Gasteiger partial charge in [-0.3, -0.25) is 4.79 Å². The van der Waals surface area contributed by atoms with Gasteiger partial charge in [0.1, 0.15) is 0 Å². The largest absolute Gasteiger partial charge is 0.478 e. The van der Waals surface area contributed by atoms with Gasteiger partial charge < -0.3 is 5.11 Å². The average molecular weight is 400 g/mol. The molecule has 0 aliphatic carbocycles. The molecule has 0 bridgehead atoms. The molecule has 0 amide bonds. The fraction of sp³-hybridized carbons (Fsp3) is 0. The predicted octanol–water partition coefficient (Wildman–Crippen LogP) is 6.06. The highest BCUT2D eigenvalue weighted by Gasteiger charge is 2.05. The fourth-order valence-corrected chi connectivity index (χ4v) is 1.96. The summed E-state index contributed by atoms with van der Waals surface area (Å²) in [5.74, 6) is -1.01. The van der Waals surface area contributed by atoms with Crippen molar-refractivity contribution in [3.05, 3.63) is 67.6 Å². The summed E-state index contributed by atoms with van der Waals surface area (Å²) in [5.41, 5.74) is 0.487. The molecule has 3 nitrogen and oxygen atoms in total. The number of carboxylic acid groups (broad SMARTS) is 1. The average Bonchev–Trinajstić information content (AvgIpc) is 2.45. The van der Waals surface area contributed by atoms with E-state index in [1.807, 2.05) is 0 Å². The van der Waals surface area contributed by atoms with Crippen LogP contribution in [0.5, 0.6) is 0 Å². The molecule has 0 saturated heterocycles. The van der Waals surface area contributed by atoms with E-state index in [9.17, 15) is 9.59 Å². The second-order valence-electron chi connectivity index (χ2n) is 3.84. The van der Waals surface area contributed by atoms with E-state index in [0.29, 0.717) is 20.6 Å². The first-order valence-corrected chi connectivity index (χ1v) is 7.44. The van der Waals surface area contributed by atoms with E-state index in [1.54, 1.807) is 0 Å². The fourth-order valence-electron chi connectivity index (χ4n) is 1.25. The Bertz CT molecular complexity index is 654. The van der Waals surface area contributed by atoms with Gasteiger partial charge in [-0.2, -0.15) is 0 Å². The number of hydrogen-bond acceptors (Lipinski definition) is 2. The molecule has 0 aliphatic heterocycles. The van der Waals surface area contributed by atoms with Crippen LogP contribution in [-0.2, 0) is 0 Å². The van der Waals surface area contributed by atoms with Gasteiger partial charge in [0.05, 0.1) is 25.7 Å². The predicted molar refractivity (Wildman–Crippen MR) is 90.1 cm³/mol. The highest BCUT2D eigenvalue weighted by Crippen LogP contribution is 2.23. The van der Waals surface area contributed by atoms with Crippen LogP contribution < -0.4 is 0 Å². The smallest absolute Gasteiger partial charge is 0.335 e. The Morgan fingerprint density at radius 1 is 0.727 bits per heavy atom. The van der Waals surface area contributed by atoms with Crippen molar-refractivity contribution in [1.29, 1.82) is 0 Å². The van der Waals surface area contributed by atoms with Gasteiger partial charge in [0.2, 0.25) is 0 Å². The van der Waals surface area contributed by atoms with Gasteiger partial charge >= 0.3 is 5.97 Å². The zero-order valence-corrected chi connectivity index (χ0v) is 14.4. The minimum absolute atomic E-state index is 0.138. The first-order chi connectivity index (χ1) is 10.2. The van der Waals surface area contributed by atoms with Crippen LogP contribution in [0.2, 0.25) is 20.1 Å². The molecule has 0 atom stereocenters. The quantitative estimate of drug-likeness (QED) is 0.623. The first kappa shape index (κ1) is 19.1. The lowest BCUT2D eigenvalue weighted by atomic mass is 10.2. The molecule has 116 valence electrons. The molecule has 2 aromatic carbocycles. The second-order valence-corrected chi connectivity index (χ2v) is 5.81. The number of benzene rings is 2. The van der Waals surface area contributed by atoms with Gasteiger partial charge in [-0.15, -0.1) is 0 Å². The minimum atomic E-state index is -1.01. The highest BCUT2D eigenvalue weighted by atomic mass is 35.5. The Balaban J connectivity index is 0.000000220. The summed E-state index contributed by atoms with van der Waals surface area (Å²) in [6.07, 6.45) is 0. The van der Waals surface area contributed by atoms with Crippen molar-refractivity contribution in [3.63, 3.8) is 0 Å².